The van der Waals surface area contributed by atoms with Crippen molar-refractivity contribution in [2.24, 2.45) is 9.46 Å². The van der Waals surface area contributed by atoms with Crippen molar-refractivity contribution in [2.45, 2.75) is 5.75 Å². The first-order valence-corrected chi connectivity index (χ1v) is 9.90. The number of guanidine groups is 1. The number of rotatable bonds is 5. The van der Waals surface area contributed by atoms with E-state index in [2.05, 4.69) is 21.6 Å². The van der Waals surface area contributed by atoms with Crippen LogP contribution in [-0.4, -0.2) is 47.8 Å². The molecule has 1 fully saturated rings. The van der Waals surface area contributed by atoms with E-state index in [1.54, 1.807) is 27.6 Å². The number of ether oxygens (including phenoxy) is 1. The van der Waals surface area contributed by atoms with E-state index in [0.717, 1.165) is 10.7 Å². The molecule has 1 saturated heterocycles. The summed E-state index contributed by atoms with van der Waals surface area (Å²) in [5.74, 6) is 1.19. The summed E-state index contributed by atoms with van der Waals surface area (Å²) in [5.41, 5.74) is 1.25. The summed E-state index contributed by atoms with van der Waals surface area (Å²) in [6, 6.07) is 10.2. The Kier molecular flexibility index (Phi) is 5.48. The molecule has 2 aliphatic heterocycles. The molecule has 0 N–H and O–H groups in total. The predicted octanol–water partition coefficient (Wildman–Crippen LogP) is 2.22. The zero-order chi connectivity index (χ0) is 16.9. The number of hydrazone groups is 1. The van der Waals surface area contributed by atoms with E-state index >= 15 is 0 Å². The van der Waals surface area contributed by atoms with E-state index in [1.165, 1.54) is 5.56 Å². The lowest BCUT2D eigenvalue weighted by Crippen LogP contribution is -2.50. The van der Waals surface area contributed by atoms with E-state index in [1.807, 2.05) is 24.4 Å². The van der Waals surface area contributed by atoms with Crippen molar-refractivity contribution in [1.29, 1.82) is 0 Å². The fourth-order valence-corrected chi connectivity index (χ4v) is 5.69. The van der Waals surface area contributed by atoms with Crippen molar-refractivity contribution in [2.75, 3.05) is 27.1 Å². The van der Waals surface area contributed by atoms with Gasteiger partial charge in [0, 0.05) is 23.9 Å². The van der Waals surface area contributed by atoms with Crippen LogP contribution in [0.2, 0.25) is 0 Å². The summed E-state index contributed by atoms with van der Waals surface area (Å²) in [7, 11) is 3.27. The van der Waals surface area contributed by atoms with E-state index in [9.17, 15) is 10.1 Å². The van der Waals surface area contributed by atoms with Gasteiger partial charge in [-0.05, 0) is 26.1 Å². The van der Waals surface area contributed by atoms with Gasteiger partial charge in [0.25, 0.3) is 5.96 Å². The fraction of sp³-hybridized carbons (Fsp3) is 0.357. The van der Waals surface area contributed by atoms with Gasteiger partial charge < -0.3 is 14.5 Å². The maximum atomic E-state index is 10.7. The average molecular weight is 367 g/mol. The molecule has 128 valence electrons. The van der Waals surface area contributed by atoms with E-state index in [4.69, 9.17) is 4.74 Å². The first-order valence-electron chi connectivity index (χ1n) is 7.22. The highest BCUT2D eigenvalue weighted by atomic mass is 33.1. The summed E-state index contributed by atoms with van der Waals surface area (Å²) in [6.07, 6.45) is 1.86. The van der Waals surface area contributed by atoms with Gasteiger partial charge in [0.1, 0.15) is 18.6 Å². The minimum absolute atomic E-state index is 0.149. The summed E-state index contributed by atoms with van der Waals surface area (Å²) < 4.78 is 9.98. The van der Waals surface area contributed by atoms with Crippen molar-refractivity contribution in [3.63, 3.8) is 0 Å². The van der Waals surface area contributed by atoms with Crippen molar-refractivity contribution in [3.8, 4) is 0 Å². The van der Waals surface area contributed by atoms with Crippen LogP contribution in [0.25, 0.3) is 0 Å². The Bertz CT molecular complexity index is 708. The molecule has 0 aliphatic carbocycles. The molecule has 8 nitrogen and oxygen atoms in total. The molecule has 0 amide bonds. The van der Waals surface area contributed by atoms with Crippen LogP contribution in [0, 0.1) is 10.1 Å². The molecule has 1 atom stereocenters. The van der Waals surface area contributed by atoms with Crippen LogP contribution in [0.5, 0.6) is 0 Å². The SMILES string of the molecule is CN1COCN(CC2=CN=S(Cc3ccccc3)S2)C1=N[N+](=O)[O-]. The second kappa shape index (κ2) is 7.77. The highest BCUT2D eigenvalue weighted by Gasteiger charge is 2.26. The fourth-order valence-electron chi connectivity index (χ4n) is 2.30. The molecule has 1 unspecified atom stereocenters. The van der Waals surface area contributed by atoms with Gasteiger partial charge in [-0.1, -0.05) is 30.3 Å². The van der Waals surface area contributed by atoms with Gasteiger partial charge in [0.15, 0.2) is 5.03 Å². The van der Waals surface area contributed by atoms with Crippen LogP contribution in [0.3, 0.4) is 0 Å². The van der Waals surface area contributed by atoms with Crippen LogP contribution in [0.4, 0.5) is 0 Å². The molecule has 0 saturated carbocycles. The van der Waals surface area contributed by atoms with Crippen molar-refractivity contribution < 1.29 is 9.77 Å². The Labute approximate surface area is 145 Å². The maximum absolute atomic E-state index is 10.7. The van der Waals surface area contributed by atoms with Gasteiger partial charge in [0.2, 0.25) is 0 Å². The van der Waals surface area contributed by atoms with Crippen LogP contribution in [-0.2, 0) is 20.2 Å². The molecule has 1 aromatic rings. The molecule has 1 aromatic carbocycles. The molecular formula is C14H17N5O3S2. The quantitative estimate of drug-likeness (QED) is 0.451. The normalized spacial score (nSPS) is 22.5. The van der Waals surface area contributed by atoms with Gasteiger partial charge in [-0.25, -0.2) is 14.5 Å². The topological polar surface area (TPSA) is 83.6 Å². The van der Waals surface area contributed by atoms with Gasteiger partial charge in [-0.2, -0.15) is 0 Å². The molecule has 0 spiro atoms. The summed E-state index contributed by atoms with van der Waals surface area (Å²) in [5, 5.41) is 13.5. The lowest BCUT2D eigenvalue weighted by Gasteiger charge is -2.34. The Morgan fingerprint density at radius 3 is 2.96 bits per heavy atom. The summed E-state index contributed by atoms with van der Waals surface area (Å²) in [6.45, 7) is 1.07. The lowest BCUT2D eigenvalue weighted by atomic mass is 10.2. The number of benzene rings is 1. The molecule has 24 heavy (non-hydrogen) atoms. The minimum Gasteiger partial charge on any atom is -0.341 e. The van der Waals surface area contributed by atoms with Gasteiger partial charge in [-0.3, -0.25) is 0 Å². The third-order valence-electron chi connectivity index (χ3n) is 3.32. The summed E-state index contributed by atoms with van der Waals surface area (Å²) >= 11 is 0. The minimum atomic E-state index is -0.676. The number of hydrogen-bond donors (Lipinski definition) is 0. The zero-order valence-corrected chi connectivity index (χ0v) is 14.7. The van der Waals surface area contributed by atoms with Crippen molar-refractivity contribution in [3.05, 3.63) is 57.1 Å². The largest absolute Gasteiger partial charge is 0.341 e. The van der Waals surface area contributed by atoms with Crippen molar-refractivity contribution >= 4 is 26.5 Å². The van der Waals surface area contributed by atoms with Crippen LogP contribution in [0.1, 0.15) is 5.56 Å². The highest BCUT2D eigenvalue weighted by molar-refractivity contribution is 8.71. The first kappa shape index (κ1) is 16.9. The average Bonchev–Trinajstić information content (AvgIpc) is 2.98. The highest BCUT2D eigenvalue weighted by Crippen LogP contribution is 2.31. The molecule has 10 heteroatoms. The van der Waals surface area contributed by atoms with Gasteiger partial charge in [0.05, 0.1) is 6.54 Å². The monoisotopic (exact) mass is 367 g/mol. The number of nitro groups is 1. The van der Waals surface area contributed by atoms with E-state index in [-0.39, 0.29) is 23.2 Å². The molecule has 3 rings (SSSR count). The smallest absolute Gasteiger partial charge is 0.277 e. The Hall–Kier alpha value is -1.91. The third-order valence-corrected chi connectivity index (χ3v) is 6.72. The second-order valence-corrected chi connectivity index (χ2v) is 8.72. The standard InChI is InChI=1S/C14H17N5O3S2/c1-17-10-22-11-18(14(17)16-19(20)21)8-13-7-15-24(23-13)9-12-5-3-2-4-6-12/h2-7H,8-11H2,1H3. The Morgan fingerprint density at radius 2 is 2.21 bits per heavy atom. The van der Waals surface area contributed by atoms with Crippen molar-refractivity contribution in [1.82, 2.24) is 9.80 Å². The zero-order valence-electron chi connectivity index (χ0n) is 13.1. The maximum Gasteiger partial charge on any atom is 0.277 e. The molecule has 0 aromatic heterocycles. The van der Waals surface area contributed by atoms with Crippen LogP contribution < -0.4 is 0 Å². The Balaban J connectivity index is 1.60. The van der Waals surface area contributed by atoms with Gasteiger partial charge in [-0.15, -0.1) is 0 Å². The lowest BCUT2D eigenvalue weighted by molar-refractivity contribution is -0.486. The number of nitrogens with zero attached hydrogens (tertiary/aromatic N) is 5. The molecule has 2 aliphatic rings. The Morgan fingerprint density at radius 1 is 1.42 bits per heavy atom. The predicted molar refractivity (Wildman–Crippen MR) is 95.3 cm³/mol. The molecule has 0 bridgehead atoms. The number of hydrogen-bond acceptors (Lipinski definition) is 5. The van der Waals surface area contributed by atoms with E-state index in [0.29, 0.717) is 12.5 Å². The molecule has 2 heterocycles. The first-order chi connectivity index (χ1) is 11.6. The molecule has 0 radical (unpaired) electrons. The third kappa shape index (κ3) is 4.34. The van der Waals surface area contributed by atoms with Crippen LogP contribution >= 0.6 is 10.8 Å². The molecular weight excluding hydrogens is 350 g/mol. The van der Waals surface area contributed by atoms with Crippen LogP contribution in [0.15, 0.2) is 50.9 Å². The van der Waals surface area contributed by atoms with Gasteiger partial charge >= 0.3 is 0 Å². The van der Waals surface area contributed by atoms with E-state index < -0.39 is 5.03 Å². The second-order valence-electron chi connectivity index (χ2n) is 5.23. The summed E-state index contributed by atoms with van der Waals surface area (Å²) in [4.78, 5) is 15.2.